The number of rotatable bonds is 9. The minimum Gasteiger partial charge on any atom is -0.310 e. The molecule has 12 aromatic rings. The van der Waals surface area contributed by atoms with Gasteiger partial charge in [0.05, 0.1) is 10.8 Å². The molecule has 0 heterocycles. The van der Waals surface area contributed by atoms with Gasteiger partial charge in [-0.1, -0.05) is 261 Å². The third-order valence-corrected chi connectivity index (χ3v) is 16.0. The molecule has 0 N–H and O–H groups in total. The first-order valence-corrected chi connectivity index (χ1v) is 26.1. The monoisotopic (exact) mass is 953 g/mol. The SMILES string of the molecule is c1ccc(-c2ccc(N(c3ccc(-c4ccc5c(c4)-c4ccccc4C54c5ccccc5C(c5ccccc5)(c5ccccc5)c5ccccc54)cc3)c3cc(-c4ccccc4)cc(-c4ccccc4)c3)cc2)cc1. The van der Waals surface area contributed by atoms with Gasteiger partial charge in [-0.05, 0) is 149 Å². The maximum absolute atomic E-state index is 2.45. The van der Waals surface area contributed by atoms with Crippen molar-refractivity contribution in [3.8, 4) is 55.6 Å². The topological polar surface area (TPSA) is 3.24 Å². The van der Waals surface area contributed by atoms with E-state index in [4.69, 9.17) is 0 Å². The molecular formula is C74H51N. The molecule has 14 rings (SSSR count). The quantitative estimate of drug-likeness (QED) is 0.139. The van der Waals surface area contributed by atoms with Gasteiger partial charge in [-0.2, -0.15) is 0 Å². The highest BCUT2D eigenvalue weighted by molar-refractivity contribution is 5.92. The standard InChI is InChI=1S/C74H51N/c1-6-22-52(23-7-1)55-38-43-62(44-39-55)75(64-49-58(53-24-8-2-9-25-53)48-59(50-64)54-26-10-3-11-27-54)63-45-40-56(41-46-63)57-42-47-68-66(51-57)65-32-16-17-33-67(65)74(68)71-36-20-18-34-69(71)73(60-28-12-4-13-29-60,61-30-14-5-15-31-61)70-35-19-21-37-72(70)74/h1-51H. The van der Waals surface area contributed by atoms with Crippen molar-refractivity contribution in [2.75, 3.05) is 4.90 Å². The summed E-state index contributed by atoms with van der Waals surface area (Å²) >= 11 is 0. The molecule has 0 saturated heterocycles. The molecule has 2 aliphatic carbocycles. The normalized spacial score (nSPS) is 13.3. The van der Waals surface area contributed by atoms with Crippen LogP contribution in [-0.4, -0.2) is 0 Å². The van der Waals surface area contributed by atoms with Gasteiger partial charge in [0.25, 0.3) is 0 Å². The number of nitrogens with zero attached hydrogens (tertiary/aromatic N) is 1. The van der Waals surface area contributed by atoms with Crippen LogP contribution in [0, 0.1) is 0 Å². The van der Waals surface area contributed by atoms with Gasteiger partial charge in [-0.3, -0.25) is 0 Å². The lowest BCUT2D eigenvalue weighted by Gasteiger charge is -2.50. The average molecular weight is 954 g/mol. The molecule has 0 saturated carbocycles. The highest BCUT2D eigenvalue weighted by atomic mass is 15.1. The van der Waals surface area contributed by atoms with Crippen LogP contribution in [0.15, 0.2) is 309 Å². The maximum atomic E-state index is 2.45. The van der Waals surface area contributed by atoms with E-state index in [9.17, 15) is 0 Å². The van der Waals surface area contributed by atoms with Crippen LogP contribution in [0.2, 0.25) is 0 Å². The van der Waals surface area contributed by atoms with Crippen LogP contribution in [0.1, 0.15) is 44.5 Å². The van der Waals surface area contributed by atoms with E-state index in [2.05, 4.69) is 314 Å². The van der Waals surface area contributed by atoms with Crippen LogP contribution in [0.4, 0.5) is 17.1 Å². The number of fused-ring (bicyclic) bond motifs is 9. The Kier molecular flexibility index (Phi) is 10.7. The lowest BCUT2D eigenvalue weighted by atomic mass is 9.51. The zero-order chi connectivity index (χ0) is 49.8. The first-order valence-electron chi connectivity index (χ1n) is 26.1. The molecule has 0 amide bonds. The van der Waals surface area contributed by atoms with E-state index in [-0.39, 0.29) is 0 Å². The van der Waals surface area contributed by atoms with Crippen molar-refractivity contribution in [3.05, 3.63) is 354 Å². The summed E-state index contributed by atoms with van der Waals surface area (Å²) < 4.78 is 0. The lowest BCUT2D eigenvalue weighted by Crippen LogP contribution is -2.44. The van der Waals surface area contributed by atoms with E-state index < -0.39 is 10.8 Å². The molecule has 75 heavy (non-hydrogen) atoms. The van der Waals surface area contributed by atoms with Crippen molar-refractivity contribution >= 4 is 17.1 Å². The van der Waals surface area contributed by atoms with Gasteiger partial charge in [-0.15, -0.1) is 0 Å². The first-order chi connectivity index (χ1) is 37.2. The molecule has 0 fully saturated rings. The Morgan fingerprint density at radius 2 is 0.520 bits per heavy atom. The molecule has 0 bridgehead atoms. The van der Waals surface area contributed by atoms with Gasteiger partial charge >= 0.3 is 0 Å². The summed E-state index contributed by atoms with van der Waals surface area (Å²) in [4.78, 5) is 2.41. The van der Waals surface area contributed by atoms with E-state index >= 15 is 0 Å². The Hall–Kier alpha value is -9.56. The highest BCUT2D eigenvalue weighted by Gasteiger charge is 2.56. The fraction of sp³-hybridized carbons (Fsp3) is 0.0270. The lowest BCUT2D eigenvalue weighted by molar-refractivity contribution is 0.623. The van der Waals surface area contributed by atoms with Crippen LogP contribution in [0.5, 0.6) is 0 Å². The number of hydrogen-bond donors (Lipinski definition) is 0. The minimum absolute atomic E-state index is 0.538. The van der Waals surface area contributed by atoms with Gasteiger partial charge in [0.15, 0.2) is 0 Å². The fourth-order valence-electron chi connectivity index (χ4n) is 12.8. The summed E-state index contributed by atoms with van der Waals surface area (Å²) in [6.45, 7) is 0. The summed E-state index contributed by atoms with van der Waals surface area (Å²) in [5, 5.41) is 0. The maximum Gasteiger partial charge on any atom is 0.0720 e. The van der Waals surface area contributed by atoms with Gasteiger partial charge in [-0.25, -0.2) is 0 Å². The smallest absolute Gasteiger partial charge is 0.0720 e. The van der Waals surface area contributed by atoms with Crippen LogP contribution >= 0.6 is 0 Å². The molecule has 12 aromatic carbocycles. The van der Waals surface area contributed by atoms with E-state index in [1.807, 2.05) is 0 Å². The summed E-state index contributed by atoms with van der Waals surface area (Å²) in [5.41, 5.74) is 24.6. The Balaban J connectivity index is 0.918. The summed E-state index contributed by atoms with van der Waals surface area (Å²) in [7, 11) is 0. The molecule has 0 aliphatic heterocycles. The molecular weight excluding hydrogens is 903 g/mol. The van der Waals surface area contributed by atoms with E-state index in [1.54, 1.807) is 0 Å². The Labute approximate surface area is 440 Å². The van der Waals surface area contributed by atoms with Crippen LogP contribution in [-0.2, 0) is 10.8 Å². The molecule has 2 aliphatic rings. The Morgan fingerprint density at radius 3 is 0.987 bits per heavy atom. The Morgan fingerprint density at radius 1 is 0.187 bits per heavy atom. The van der Waals surface area contributed by atoms with Crippen LogP contribution in [0.25, 0.3) is 55.6 Å². The second-order valence-corrected chi connectivity index (χ2v) is 19.9. The second-order valence-electron chi connectivity index (χ2n) is 19.9. The molecule has 0 unspecified atom stereocenters. The van der Waals surface area contributed by atoms with Gasteiger partial charge < -0.3 is 4.90 Å². The molecule has 352 valence electrons. The number of benzene rings is 12. The van der Waals surface area contributed by atoms with E-state index in [0.717, 1.165) is 17.1 Å². The molecule has 1 spiro atoms. The van der Waals surface area contributed by atoms with Gasteiger partial charge in [0, 0.05) is 17.1 Å². The summed E-state index contributed by atoms with van der Waals surface area (Å²) in [6.07, 6.45) is 0. The van der Waals surface area contributed by atoms with E-state index in [1.165, 1.54) is 100 Å². The fourth-order valence-corrected chi connectivity index (χ4v) is 12.8. The average Bonchev–Trinajstić information content (AvgIpc) is 3.84. The van der Waals surface area contributed by atoms with Gasteiger partial charge in [0.1, 0.15) is 0 Å². The molecule has 0 atom stereocenters. The van der Waals surface area contributed by atoms with E-state index in [0.29, 0.717) is 0 Å². The predicted octanol–water partition coefficient (Wildman–Crippen LogP) is 18.9. The van der Waals surface area contributed by atoms with Crippen molar-refractivity contribution < 1.29 is 0 Å². The highest BCUT2D eigenvalue weighted by Crippen LogP contribution is 2.64. The van der Waals surface area contributed by atoms with Crippen molar-refractivity contribution in [3.63, 3.8) is 0 Å². The minimum atomic E-state index is -0.544. The van der Waals surface area contributed by atoms with Crippen molar-refractivity contribution in [1.29, 1.82) is 0 Å². The largest absolute Gasteiger partial charge is 0.310 e. The zero-order valence-corrected chi connectivity index (χ0v) is 41.4. The third kappa shape index (κ3) is 7.08. The van der Waals surface area contributed by atoms with Gasteiger partial charge in [0.2, 0.25) is 0 Å². The first kappa shape index (κ1) is 44.2. The number of hydrogen-bond acceptors (Lipinski definition) is 1. The molecule has 0 radical (unpaired) electrons. The van der Waals surface area contributed by atoms with Crippen LogP contribution < -0.4 is 4.90 Å². The summed E-state index contributed by atoms with van der Waals surface area (Å²) in [6, 6.07) is 115. The zero-order valence-electron chi connectivity index (χ0n) is 41.4. The Bertz CT molecular complexity index is 3870. The van der Waals surface area contributed by atoms with Crippen LogP contribution in [0.3, 0.4) is 0 Å². The molecule has 1 nitrogen and oxygen atoms in total. The number of anilines is 3. The molecule has 0 aromatic heterocycles. The van der Waals surface area contributed by atoms with Crippen molar-refractivity contribution in [1.82, 2.24) is 0 Å². The second kappa shape index (κ2) is 18.2. The van der Waals surface area contributed by atoms with Crippen molar-refractivity contribution in [2.45, 2.75) is 10.8 Å². The summed E-state index contributed by atoms with van der Waals surface area (Å²) in [5.74, 6) is 0. The predicted molar refractivity (Wildman–Crippen MR) is 312 cm³/mol. The van der Waals surface area contributed by atoms with Crippen molar-refractivity contribution in [2.24, 2.45) is 0 Å². The molecule has 1 heteroatoms. The third-order valence-electron chi connectivity index (χ3n) is 16.0.